The molecule has 1 aliphatic heterocycles. The lowest BCUT2D eigenvalue weighted by Gasteiger charge is -2.38. The summed E-state index contributed by atoms with van der Waals surface area (Å²) < 4.78 is 1.29. The van der Waals surface area contributed by atoms with Crippen molar-refractivity contribution in [3.63, 3.8) is 0 Å². The van der Waals surface area contributed by atoms with Crippen LogP contribution in [-0.2, 0) is 0 Å². The largest absolute Gasteiger partial charge is 0.381 e. The third kappa shape index (κ3) is 1.71. The lowest BCUT2D eigenvalue weighted by molar-refractivity contribution is 0.466. The van der Waals surface area contributed by atoms with Gasteiger partial charge in [0.05, 0.1) is 16.9 Å². The van der Waals surface area contributed by atoms with Crippen molar-refractivity contribution >= 4 is 34.0 Å². The first-order chi connectivity index (χ1) is 7.17. The fraction of sp³-hybridized carbons (Fsp3) is 0.500. The smallest absolute Gasteiger partial charge is 0.0587 e. The molecule has 2 nitrogen and oxygen atoms in total. The van der Waals surface area contributed by atoms with Crippen LogP contribution in [0.3, 0.4) is 0 Å². The summed E-state index contributed by atoms with van der Waals surface area (Å²) in [5, 5.41) is 7.24. The molecule has 80 valence electrons. The van der Waals surface area contributed by atoms with Gasteiger partial charge < -0.3 is 10.6 Å². The van der Waals surface area contributed by atoms with E-state index < -0.39 is 0 Å². The van der Waals surface area contributed by atoms with Crippen molar-refractivity contribution in [2.75, 3.05) is 17.2 Å². The van der Waals surface area contributed by atoms with Gasteiger partial charge in [0, 0.05) is 10.1 Å². The van der Waals surface area contributed by atoms with Crippen LogP contribution in [0.2, 0.25) is 0 Å². The quantitative estimate of drug-likeness (QED) is 0.777. The first kappa shape index (κ1) is 9.75. The van der Waals surface area contributed by atoms with Crippen LogP contribution in [0.1, 0.15) is 19.8 Å². The van der Waals surface area contributed by atoms with E-state index in [4.69, 9.17) is 0 Å². The van der Waals surface area contributed by atoms with Gasteiger partial charge in [-0.1, -0.05) is 0 Å². The van der Waals surface area contributed by atoms with Gasteiger partial charge in [-0.2, -0.15) is 0 Å². The molecule has 15 heavy (non-hydrogen) atoms. The minimum Gasteiger partial charge on any atom is -0.381 e. The highest BCUT2D eigenvalue weighted by Crippen LogP contribution is 2.44. The van der Waals surface area contributed by atoms with Gasteiger partial charge in [0.2, 0.25) is 0 Å². The fourth-order valence-corrected chi connectivity index (χ4v) is 2.86. The van der Waals surface area contributed by atoms with E-state index in [1.54, 1.807) is 0 Å². The normalized spacial score (nSPS) is 28.9. The molecule has 2 N–H and O–H groups in total. The third-order valence-corrected chi connectivity index (χ3v) is 4.20. The molecule has 1 unspecified atom stereocenters. The van der Waals surface area contributed by atoms with E-state index in [0.29, 0.717) is 0 Å². The molecule has 3 heteroatoms. The first-order valence-corrected chi connectivity index (χ1v) is 6.57. The zero-order valence-electron chi connectivity index (χ0n) is 8.81. The van der Waals surface area contributed by atoms with Crippen molar-refractivity contribution in [1.29, 1.82) is 0 Å². The fourth-order valence-electron chi connectivity index (χ4n) is 2.37. The van der Waals surface area contributed by atoms with Crippen molar-refractivity contribution < 1.29 is 0 Å². The summed E-state index contributed by atoms with van der Waals surface area (Å²) in [7, 11) is 0. The maximum atomic E-state index is 3.70. The highest BCUT2D eigenvalue weighted by molar-refractivity contribution is 14.1. The Hall–Kier alpha value is -0.450. The minimum absolute atomic E-state index is 0.264. The second-order valence-electron chi connectivity index (χ2n) is 4.86. The van der Waals surface area contributed by atoms with Gasteiger partial charge in [0.1, 0.15) is 0 Å². The van der Waals surface area contributed by atoms with Crippen molar-refractivity contribution in [1.82, 2.24) is 0 Å². The second-order valence-corrected chi connectivity index (χ2v) is 6.11. The molecular weight excluding hydrogens is 299 g/mol. The predicted molar refractivity (Wildman–Crippen MR) is 72.4 cm³/mol. The van der Waals surface area contributed by atoms with E-state index in [-0.39, 0.29) is 5.54 Å². The van der Waals surface area contributed by atoms with Crippen LogP contribution in [0.5, 0.6) is 0 Å². The molecule has 0 saturated heterocycles. The Balaban J connectivity index is 1.92. The van der Waals surface area contributed by atoms with Gasteiger partial charge in [-0.25, -0.2) is 0 Å². The van der Waals surface area contributed by atoms with E-state index in [1.807, 2.05) is 0 Å². The number of hydrogen-bond acceptors (Lipinski definition) is 2. The molecule has 0 amide bonds. The van der Waals surface area contributed by atoms with Crippen LogP contribution in [0.25, 0.3) is 0 Å². The minimum atomic E-state index is 0.264. The Morgan fingerprint density at radius 2 is 2.13 bits per heavy atom. The molecule has 1 heterocycles. The average Bonchev–Trinajstić information content (AvgIpc) is 3.02. The molecule has 1 aromatic rings. The highest BCUT2D eigenvalue weighted by atomic mass is 127. The van der Waals surface area contributed by atoms with Crippen LogP contribution in [-0.4, -0.2) is 12.1 Å². The van der Waals surface area contributed by atoms with Gasteiger partial charge in [-0.3, -0.25) is 0 Å². The lowest BCUT2D eigenvalue weighted by atomic mass is 9.93. The number of nitrogens with one attached hydrogen (secondary N) is 2. The number of anilines is 2. The van der Waals surface area contributed by atoms with Crippen LogP contribution < -0.4 is 10.6 Å². The van der Waals surface area contributed by atoms with E-state index >= 15 is 0 Å². The molecule has 2 aliphatic rings. The summed E-state index contributed by atoms with van der Waals surface area (Å²) in [6.45, 7) is 3.38. The van der Waals surface area contributed by atoms with E-state index in [1.165, 1.54) is 27.8 Å². The van der Waals surface area contributed by atoms with Crippen molar-refractivity contribution in [2.45, 2.75) is 25.3 Å². The van der Waals surface area contributed by atoms with E-state index in [9.17, 15) is 0 Å². The van der Waals surface area contributed by atoms with Crippen LogP contribution in [0, 0.1) is 9.49 Å². The van der Waals surface area contributed by atoms with Gasteiger partial charge >= 0.3 is 0 Å². The number of halogens is 1. The molecule has 1 aliphatic carbocycles. The van der Waals surface area contributed by atoms with Crippen molar-refractivity contribution in [3.8, 4) is 0 Å². The summed E-state index contributed by atoms with van der Waals surface area (Å²) in [4.78, 5) is 0. The van der Waals surface area contributed by atoms with E-state index in [0.717, 1.165) is 12.5 Å². The molecule has 1 fully saturated rings. The van der Waals surface area contributed by atoms with Crippen LogP contribution in [0.4, 0.5) is 11.4 Å². The van der Waals surface area contributed by atoms with Gasteiger partial charge in [0.15, 0.2) is 0 Å². The molecule has 1 aromatic carbocycles. The SMILES string of the molecule is CC1(C2CC2)CNc2cc(I)ccc2N1. The monoisotopic (exact) mass is 314 g/mol. The molecule has 0 spiro atoms. The molecular formula is C12H15IN2. The third-order valence-electron chi connectivity index (χ3n) is 3.53. The lowest BCUT2D eigenvalue weighted by Crippen LogP contribution is -2.47. The van der Waals surface area contributed by atoms with E-state index in [2.05, 4.69) is 58.3 Å². The zero-order chi connectivity index (χ0) is 10.5. The molecule has 1 saturated carbocycles. The van der Waals surface area contributed by atoms with Gasteiger partial charge in [-0.15, -0.1) is 0 Å². The first-order valence-electron chi connectivity index (χ1n) is 5.49. The maximum Gasteiger partial charge on any atom is 0.0587 e. The van der Waals surface area contributed by atoms with Crippen LogP contribution >= 0.6 is 22.6 Å². The molecule has 3 rings (SSSR count). The van der Waals surface area contributed by atoms with Gasteiger partial charge in [-0.05, 0) is 66.5 Å². The molecule has 0 radical (unpaired) electrons. The summed E-state index contributed by atoms with van der Waals surface area (Å²) >= 11 is 2.35. The Labute approximate surface area is 104 Å². The number of rotatable bonds is 1. The topological polar surface area (TPSA) is 24.1 Å². The Morgan fingerprint density at radius 3 is 2.87 bits per heavy atom. The Morgan fingerprint density at radius 1 is 1.33 bits per heavy atom. The average molecular weight is 314 g/mol. The number of fused-ring (bicyclic) bond motifs is 1. The summed E-state index contributed by atoms with van der Waals surface area (Å²) in [5.41, 5.74) is 2.77. The molecule has 1 atom stereocenters. The number of hydrogen-bond donors (Lipinski definition) is 2. The summed E-state index contributed by atoms with van der Waals surface area (Å²) in [5.74, 6) is 0.859. The summed E-state index contributed by atoms with van der Waals surface area (Å²) in [6, 6.07) is 6.55. The summed E-state index contributed by atoms with van der Waals surface area (Å²) in [6.07, 6.45) is 2.76. The second kappa shape index (κ2) is 3.27. The zero-order valence-corrected chi connectivity index (χ0v) is 11.0. The predicted octanol–water partition coefficient (Wildman–Crippen LogP) is 3.30. The molecule has 0 bridgehead atoms. The van der Waals surface area contributed by atoms with Gasteiger partial charge in [0.25, 0.3) is 0 Å². The number of benzene rings is 1. The maximum absolute atomic E-state index is 3.70. The molecule has 0 aromatic heterocycles. The Kier molecular flexibility index (Phi) is 2.13. The highest BCUT2D eigenvalue weighted by Gasteiger charge is 2.43. The standard InChI is InChI=1S/C12H15IN2/c1-12(8-2-3-8)7-14-11-6-9(13)4-5-10(11)15-12/h4-6,8,14-15H,2-3,7H2,1H3. The Bertz CT molecular complexity index is 401. The van der Waals surface area contributed by atoms with Crippen molar-refractivity contribution in [3.05, 3.63) is 21.8 Å². The van der Waals surface area contributed by atoms with Crippen molar-refractivity contribution in [2.24, 2.45) is 5.92 Å². The van der Waals surface area contributed by atoms with Crippen LogP contribution in [0.15, 0.2) is 18.2 Å².